The molecule has 0 saturated carbocycles. The van der Waals surface area contributed by atoms with Crippen LogP contribution in [0.4, 0.5) is 51.2 Å². The van der Waals surface area contributed by atoms with Crippen molar-refractivity contribution >= 4 is 114 Å². The second-order valence-electron chi connectivity index (χ2n) is 19.7. The van der Waals surface area contributed by atoms with E-state index in [1.807, 2.05) is 53.0 Å². The van der Waals surface area contributed by atoms with Crippen molar-refractivity contribution in [3.05, 3.63) is 285 Å². The minimum atomic E-state index is 0.651. The van der Waals surface area contributed by atoms with Gasteiger partial charge in [-0.25, -0.2) is 0 Å². The van der Waals surface area contributed by atoms with Crippen LogP contribution in [0.15, 0.2) is 285 Å². The lowest BCUT2D eigenvalue weighted by Gasteiger charge is -2.31. The summed E-state index contributed by atoms with van der Waals surface area (Å²) in [7, 11) is 0. The first-order valence-corrected chi connectivity index (χ1v) is 28.1. The van der Waals surface area contributed by atoms with Crippen molar-refractivity contribution in [2.24, 2.45) is 0 Å². The molecule has 2 aromatic heterocycles. The Balaban J connectivity index is 0.990. The van der Waals surface area contributed by atoms with Crippen molar-refractivity contribution in [2.75, 3.05) is 14.7 Å². The summed E-state index contributed by atoms with van der Waals surface area (Å²) in [5.74, 6) is 2.70. The van der Waals surface area contributed by atoms with E-state index in [2.05, 4.69) is 269 Å². The summed E-state index contributed by atoms with van der Waals surface area (Å²) in [5.41, 5.74) is 14.0. The van der Waals surface area contributed by atoms with Crippen molar-refractivity contribution in [1.82, 2.24) is 0 Å². The Hall–Kier alpha value is -9.92. The van der Waals surface area contributed by atoms with Gasteiger partial charge in [0.2, 0.25) is 0 Å². The highest BCUT2D eigenvalue weighted by Crippen LogP contribution is 2.53. The summed E-state index contributed by atoms with van der Waals surface area (Å²) < 4.78 is 18.0. The third-order valence-electron chi connectivity index (χ3n) is 14.9. The minimum Gasteiger partial charge on any atom is -0.450 e. The van der Waals surface area contributed by atoms with E-state index < -0.39 is 0 Å². The number of benzene rings is 12. The quantitative estimate of drug-likeness (QED) is 0.129. The van der Waals surface area contributed by atoms with Crippen LogP contribution in [0.2, 0.25) is 0 Å². The van der Waals surface area contributed by atoms with Gasteiger partial charge in [0.1, 0.15) is 0 Å². The van der Waals surface area contributed by atoms with Crippen LogP contribution in [0.1, 0.15) is 0 Å². The molecule has 0 amide bonds. The van der Waals surface area contributed by atoms with E-state index >= 15 is 0 Å². The molecule has 0 unspecified atom stereocenters. The number of para-hydroxylation sites is 4. The van der Waals surface area contributed by atoms with Gasteiger partial charge < -0.3 is 24.2 Å². The van der Waals surface area contributed by atoms with Crippen molar-refractivity contribution in [3.8, 4) is 45.3 Å². The fraction of sp³-hybridized carbons (Fsp3) is 0. The van der Waals surface area contributed by atoms with Gasteiger partial charge in [-0.2, -0.15) is 0 Å². The first-order chi connectivity index (χ1) is 39.1. The standard InChI is InChI=1S/C72H47N3O2S2/c1-5-17-48(18-6-1)50-29-33-54(34-30-50)75(55-35-31-51(32-36-55)49-19-7-2-8-20-49)64-45-59(44-63-61-40-37-58(47-71(61)79-72(63)64)73(52-21-9-3-10-22-52)53-23-11-4-12-24-53)74(56-39-42-70-62(43-56)60-25-13-16-28-69(60)78-70)57-38-41-67-68(46-57)77-66-27-15-14-26-65(66)76-67/h1-47H. The number of hydrogen-bond donors (Lipinski definition) is 0. The van der Waals surface area contributed by atoms with Crippen molar-refractivity contribution in [2.45, 2.75) is 0 Å². The van der Waals surface area contributed by atoms with E-state index in [0.29, 0.717) is 23.0 Å². The average Bonchev–Trinajstić information content (AvgIpc) is 4.28. The van der Waals surface area contributed by atoms with E-state index in [-0.39, 0.29) is 0 Å². The summed E-state index contributed by atoms with van der Waals surface area (Å²) in [5, 5.41) is 4.77. The van der Waals surface area contributed by atoms with Crippen LogP contribution in [0.5, 0.6) is 23.0 Å². The van der Waals surface area contributed by atoms with Crippen LogP contribution in [0, 0.1) is 0 Å². The first kappa shape index (κ1) is 46.4. The summed E-state index contributed by atoms with van der Waals surface area (Å²) in [4.78, 5) is 7.18. The normalized spacial score (nSPS) is 11.7. The predicted molar refractivity (Wildman–Crippen MR) is 334 cm³/mol. The van der Waals surface area contributed by atoms with E-state index in [9.17, 15) is 0 Å². The Kier molecular flexibility index (Phi) is 11.5. The molecule has 15 rings (SSSR count). The van der Waals surface area contributed by atoms with Crippen LogP contribution in [0.25, 0.3) is 62.6 Å². The number of hydrogen-bond acceptors (Lipinski definition) is 7. The highest BCUT2D eigenvalue weighted by Gasteiger charge is 2.27. The lowest BCUT2D eigenvalue weighted by atomic mass is 10.0. The Morgan fingerprint density at radius 2 is 0.658 bits per heavy atom. The predicted octanol–water partition coefficient (Wildman–Crippen LogP) is 22.1. The Morgan fingerprint density at radius 1 is 0.228 bits per heavy atom. The number of anilines is 9. The van der Waals surface area contributed by atoms with Gasteiger partial charge in [-0.05, 0) is 144 Å². The molecule has 0 spiro atoms. The number of rotatable bonds is 11. The van der Waals surface area contributed by atoms with Crippen molar-refractivity contribution < 1.29 is 9.47 Å². The van der Waals surface area contributed by atoms with Gasteiger partial charge >= 0.3 is 0 Å². The molecule has 0 N–H and O–H groups in total. The molecular weight excluding hydrogens is 1000 g/mol. The Labute approximate surface area is 465 Å². The van der Waals surface area contributed by atoms with Gasteiger partial charge in [-0.1, -0.05) is 158 Å². The van der Waals surface area contributed by atoms with E-state index in [1.54, 1.807) is 0 Å². The maximum absolute atomic E-state index is 6.67. The third-order valence-corrected chi connectivity index (χ3v) is 17.2. The van der Waals surface area contributed by atoms with Crippen LogP contribution in [0.3, 0.4) is 0 Å². The lowest BCUT2D eigenvalue weighted by molar-refractivity contribution is 0.360. The maximum Gasteiger partial charge on any atom is 0.172 e. The smallest absolute Gasteiger partial charge is 0.172 e. The van der Waals surface area contributed by atoms with Crippen LogP contribution in [-0.4, -0.2) is 0 Å². The Morgan fingerprint density at radius 3 is 1.30 bits per heavy atom. The molecule has 0 atom stereocenters. The summed E-state index contributed by atoms with van der Waals surface area (Å²) in [6, 6.07) is 102. The monoisotopic (exact) mass is 1050 g/mol. The summed E-state index contributed by atoms with van der Waals surface area (Å²) in [6.07, 6.45) is 0. The van der Waals surface area contributed by atoms with Gasteiger partial charge in [0, 0.05) is 81.5 Å². The molecule has 7 heteroatoms. The third kappa shape index (κ3) is 8.49. The van der Waals surface area contributed by atoms with Crippen LogP contribution < -0.4 is 24.2 Å². The van der Waals surface area contributed by atoms with Crippen molar-refractivity contribution in [3.63, 3.8) is 0 Å². The van der Waals surface area contributed by atoms with Gasteiger partial charge in [0.15, 0.2) is 23.0 Å². The molecule has 12 aromatic carbocycles. The molecule has 374 valence electrons. The molecule has 1 aliphatic rings. The fourth-order valence-electron chi connectivity index (χ4n) is 11.1. The zero-order chi connectivity index (χ0) is 52.2. The molecular formula is C72H47N3O2S2. The van der Waals surface area contributed by atoms with Gasteiger partial charge in [-0.15, -0.1) is 22.7 Å². The molecule has 0 radical (unpaired) electrons. The van der Waals surface area contributed by atoms with Crippen molar-refractivity contribution in [1.29, 1.82) is 0 Å². The number of nitrogens with zero attached hydrogens (tertiary/aromatic N) is 3. The highest BCUT2D eigenvalue weighted by molar-refractivity contribution is 7.26. The Bertz CT molecular complexity index is 4420. The zero-order valence-corrected chi connectivity index (χ0v) is 44.2. The zero-order valence-electron chi connectivity index (χ0n) is 42.6. The maximum atomic E-state index is 6.67. The average molecular weight is 1050 g/mol. The highest BCUT2D eigenvalue weighted by atomic mass is 32.1. The first-order valence-electron chi connectivity index (χ1n) is 26.5. The van der Waals surface area contributed by atoms with E-state index in [1.165, 1.54) is 46.1 Å². The topological polar surface area (TPSA) is 28.2 Å². The number of fused-ring (bicyclic) bond motifs is 8. The molecule has 3 heterocycles. The second kappa shape index (κ2) is 19.6. The molecule has 1 aliphatic heterocycles. The molecule has 0 bridgehead atoms. The van der Waals surface area contributed by atoms with Gasteiger partial charge in [0.25, 0.3) is 0 Å². The van der Waals surface area contributed by atoms with E-state index in [0.717, 1.165) is 67.7 Å². The lowest BCUT2D eigenvalue weighted by Crippen LogP contribution is -2.14. The number of thiophene rings is 2. The fourth-order valence-corrected chi connectivity index (χ4v) is 13.4. The van der Waals surface area contributed by atoms with E-state index in [4.69, 9.17) is 9.47 Å². The van der Waals surface area contributed by atoms with Gasteiger partial charge in [0.05, 0.1) is 16.1 Å². The van der Waals surface area contributed by atoms with Crippen LogP contribution in [-0.2, 0) is 0 Å². The van der Waals surface area contributed by atoms with Crippen LogP contribution >= 0.6 is 22.7 Å². The second-order valence-corrected chi connectivity index (χ2v) is 21.8. The summed E-state index contributed by atoms with van der Waals surface area (Å²) >= 11 is 3.66. The molecule has 79 heavy (non-hydrogen) atoms. The molecule has 5 nitrogen and oxygen atoms in total. The SMILES string of the molecule is c1ccc(-c2ccc(N(c3ccc(-c4ccccc4)cc3)c3cc(N(c4ccc5c(c4)Oc4ccccc4O5)c4ccc5sc6ccccc6c5c4)cc4c3sc3cc(N(c5ccccc5)c5ccccc5)ccc34)cc2)cc1. The van der Waals surface area contributed by atoms with Gasteiger partial charge in [-0.3, -0.25) is 0 Å². The summed E-state index contributed by atoms with van der Waals surface area (Å²) in [6.45, 7) is 0. The molecule has 0 fully saturated rings. The number of ether oxygens (including phenoxy) is 2. The molecule has 14 aromatic rings. The molecule has 0 aliphatic carbocycles. The minimum absolute atomic E-state index is 0.651. The largest absolute Gasteiger partial charge is 0.450 e. The molecule has 0 saturated heterocycles.